The quantitative estimate of drug-likeness (QED) is 0.351. The van der Waals surface area contributed by atoms with Gasteiger partial charge in [0.25, 0.3) is 0 Å². The third-order valence-electron chi connectivity index (χ3n) is 4.16. The summed E-state index contributed by atoms with van der Waals surface area (Å²) in [6.45, 7) is 3.75. The number of allylic oxidation sites excluding steroid dienone is 1. The molecule has 0 aliphatic rings. The molecule has 0 aromatic heterocycles. The van der Waals surface area contributed by atoms with E-state index in [9.17, 15) is 9.65 Å². The lowest BCUT2D eigenvalue weighted by molar-refractivity contribution is -0.270. The number of benzene rings is 3. The van der Waals surface area contributed by atoms with Crippen LogP contribution in [0.5, 0.6) is 0 Å². The van der Waals surface area contributed by atoms with Crippen LogP contribution in [-0.2, 0) is 11.3 Å². The maximum atomic E-state index is 13.1. The maximum Gasteiger partial charge on any atom is 0.143 e. The molecule has 0 heterocycles. The van der Waals surface area contributed by atoms with E-state index in [-0.39, 0.29) is 5.82 Å². The van der Waals surface area contributed by atoms with E-state index in [0.717, 1.165) is 23.1 Å². The van der Waals surface area contributed by atoms with E-state index in [0.29, 0.717) is 5.56 Å². The second-order valence-electron chi connectivity index (χ2n) is 5.85. The van der Waals surface area contributed by atoms with E-state index in [4.69, 9.17) is 0 Å². The Labute approximate surface area is 146 Å². The van der Waals surface area contributed by atoms with Crippen LogP contribution in [0.1, 0.15) is 22.8 Å². The summed E-state index contributed by atoms with van der Waals surface area (Å²) in [4.78, 5) is 4.62. The Bertz CT molecular complexity index is 821. The number of hydrogen-bond donors (Lipinski definition) is 1. The van der Waals surface area contributed by atoms with Gasteiger partial charge in [-0.05, 0) is 46.4 Å². The average Bonchev–Trinajstić information content (AvgIpc) is 2.65. The summed E-state index contributed by atoms with van der Waals surface area (Å²) in [5.41, 5.74) is 4.89. The fourth-order valence-electron chi connectivity index (χ4n) is 2.80. The van der Waals surface area contributed by atoms with Gasteiger partial charge >= 0.3 is 0 Å². The van der Waals surface area contributed by atoms with Crippen molar-refractivity contribution in [1.29, 1.82) is 0 Å². The van der Waals surface area contributed by atoms with Gasteiger partial charge in [-0.2, -0.15) is 0 Å². The molecule has 2 nitrogen and oxygen atoms in total. The van der Waals surface area contributed by atoms with Gasteiger partial charge < -0.3 is 0 Å². The third kappa shape index (κ3) is 4.02. The first-order chi connectivity index (χ1) is 12.2. The van der Waals surface area contributed by atoms with Crippen LogP contribution in [0, 0.1) is 5.82 Å². The number of rotatable bonds is 6. The van der Waals surface area contributed by atoms with E-state index in [1.807, 2.05) is 30.3 Å². The van der Waals surface area contributed by atoms with Crippen LogP contribution in [0.15, 0.2) is 85.5 Å². The Kier molecular flexibility index (Phi) is 5.39. The monoisotopic (exact) mass is 334 g/mol. The molecule has 3 aromatic carbocycles. The highest BCUT2D eigenvalue weighted by atomic mass is 19.1. The fraction of sp³-hybridized carbons (Fsp3) is 0.0909. The van der Waals surface area contributed by atoms with Crippen molar-refractivity contribution in [2.75, 3.05) is 0 Å². The van der Waals surface area contributed by atoms with E-state index in [1.54, 1.807) is 12.1 Å². The molecule has 0 aliphatic carbocycles. The summed E-state index contributed by atoms with van der Waals surface area (Å²) in [6.07, 6.45) is 2.09. The fourth-order valence-corrected chi connectivity index (χ4v) is 2.80. The van der Waals surface area contributed by atoms with Crippen LogP contribution in [0.25, 0.3) is 11.1 Å². The van der Waals surface area contributed by atoms with Crippen LogP contribution in [0.3, 0.4) is 0 Å². The van der Waals surface area contributed by atoms with E-state index in [1.165, 1.54) is 17.7 Å². The summed E-state index contributed by atoms with van der Waals surface area (Å²) >= 11 is 0. The van der Waals surface area contributed by atoms with Crippen molar-refractivity contribution in [2.45, 2.75) is 12.5 Å². The minimum absolute atomic E-state index is 0.323. The van der Waals surface area contributed by atoms with Crippen LogP contribution >= 0.6 is 0 Å². The first-order valence-corrected chi connectivity index (χ1v) is 8.07. The van der Waals surface area contributed by atoms with Gasteiger partial charge in [-0.25, -0.2) is 9.28 Å². The van der Waals surface area contributed by atoms with Crippen molar-refractivity contribution in [3.63, 3.8) is 0 Å². The highest BCUT2D eigenvalue weighted by Crippen LogP contribution is 2.28. The van der Waals surface area contributed by atoms with Gasteiger partial charge in [-0.3, -0.25) is 5.26 Å². The van der Waals surface area contributed by atoms with Gasteiger partial charge in [-0.1, -0.05) is 66.7 Å². The highest BCUT2D eigenvalue weighted by Gasteiger charge is 2.15. The molecule has 1 N–H and O–H groups in total. The molecule has 25 heavy (non-hydrogen) atoms. The van der Waals surface area contributed by atoms with Crippen molar-refractivity contribution in [2.24, 2.45) is 0 Å². The zero-order chi connectivity index (χ0) is 17.6. The Balaban J connectivity index is 1.83. The van der Waals surface area contributed by atoms with E-state index in [2.05, 4.69) is 35.7 Å². The van der Waals surface area contributed by atoms with Crippen molar-refractivity contribution in [3.05, 3.63) is 108 Å². The predicted molar refractivity (Wildman–Crippen MR) is 97.7 cm³/mol. The highest BCUT2D eigenvalue weighted by molar-refractivity contribution is 5.64. The van der Waals surface area contributed by atoms with E-state index < -0.39 is 6.10 Å². The maximum absolute atomic E-state index is 13.1. The minimum Gasteiger partial charge on any atom is -0.251 e. The molecule has 0 fully saturated rings. The Morgan fingerprint density at radius 2 is 1.32 bits per heavy atom. The molecule has 0 spiro atoms. The van der Waals surface area contributed by atoms with Crippen molar-refractivity contribution in [1.82, 2.24) is 0 Å². The molecule has 0 bridgehead atoms. The van der Waals surface area contributed by atoms with Crippen LogP contribution in [0.2, 0.25) is 0 Å². The Hall–Kier alpha value is -2.75. The number of hydrogen-bond acceptors (Lipinski definition) is 2. The standard InChI is InChI=1S/C22H19FO2/c1-2-3-16-4-6-17(7-5-16)18-8-10-19(11-9-18)22(25-24)20-12-14-21(23)15-13-20/h2,4-15,22,24H,1,3H2. The smallest absolute Gasteiger partial charge is 0.143 e. The molecule has 0 saturated heterocycles. The summed E-state index contributed by atoms with van der Waals surface area (Å²) in [6, 6.07) is 22.0. The molecule has 1 atom stereocenters. The van der Waals surface area contributed by atoms with Crippen molar-refractivity contribution >= 4 is 0 Å². The normalized spacial score (nSPS) is 11.9. The Morgan fingerprint density at radius 3 is 1.80 bits per heavy atom. The minimum atomic E-state index is -0.649. The first-order valence-electron chi connectivity index (χ1n) is 8.07. The third-order valence-corrected chi connectivity index (χ3v) is 4.16. The molecule has 126 valence electrons. The molecule has 3 aromatic rings. The molecule has 1 unspecified atom stereocenters. The van der Waals surface area contributed by atoms with Crippen LogP contribution in [-0.4, -0.2) is 5.26 Å². The summed E-state index contributed by atoms with van der Waals surface area (Å²) in [7, 11) is 0. The molecule has 3 heteroatoms. The summed E-state index contributed by atoms with van der Waals surface area (Å²) in [5, 5.41) is 9.27. The van der Waals surface area contributed by atoms with Gasteiger partial charge in [0.1, 0.15) is 11.9 Å². The molecule has 0 aliphatic heterocycles. The molecule has 0 saturated carbocycles. The zero-order valence-electron chi connectivity index (χ0n) is 13.7. The molecular formula is C22H19FO2. The second kappa shape index (κ2) is 7.88. The average molecular weight is 334 g/mol. The predicted octanol–water partition coefficient (Wildman–Crippen LogP) is 5.80. The first kappa shape index (κ1) is 17.1. The van der Waals surface area contributed by atoms with Crippen LogP contribution < -0.4 is 0 Å². The topological polar surface area (TPSA) is 29.5 Å². The molecule has 0 amide bonds. The molecular weight excluding hydrogens is 315 g/mol. The van der Waals surface area contributed by atoms with Gasteiger partial charge in [0, 0.05) is 0 Å². The van der Waals surface area contributed by atoms with Crippen LogP contribution in [0.4, 0.5) is 4.39 Å². The lowest BCUT2D eigenvalue weighted by Crippen LogP contribution is -2.03. The summed E-state index contributed by atoms with van der Waals surface area (Å²) in [5.74, 6) is -0.323. The largest absolute Gasteiger partial charge is 0.251 e. The van der Waals surface area contributed by atoms with E-state index >= 15 is 0 Å². The van der Waals surface area contributed by atoms with Gasteiger partial charge in [0.15, 0.2) is 0 Å². The Morgan fingerprint density at radius 1 is 0.840 bits per heavy atom. The molecule has 3 rings (SSSR count). The second-order valence-corrected chi connectivity index (χ2v) is 5.85. The van der Waals surface area contributed by atoms with Gasteiger partial charge in [0.05, 0.1) is 0 Å². The lowest BCUT2D eigenvalue weighted by atomic mass is 9.97. The van der Waals surface area contributed by atoms with Gasteiger partial charge in [0.2, 0.25) is 0 Å². The van der Waals surface area contributed by atoms with Crippen molar-refractivity contribution in [3.8, 4) is 11.1 Å². The van der Waals surface area contributed by atoms with Crippen molar-refractivity contribution < 1.29 is 14.5 Å². The SMILES string of the molecule is C=CCc1ccc(-c2ccc(C(OO)c3ccc(F)cc3)cc2)cc1. The molecule has 0 radical (unpaired) electrons. The van der Waals surface area contributed by atoms with Gasteiger partial charge in [-0.15, -0.1) is 6.58 Å². The lowest BCUT2D eigenvalue weighted by Gasteiger charge is -2.15. The summed E-state index contributed by atoms with van der Waals surface area (Å²) < 4.78 is 13.1. The number of halogens is 1. The zero-order valence-corrected chi connectivity index (χ0v) is 13.7.